The van der Waals surface area contributed by atoms with Crippen LogP contribution in [0.2, 0.25) is 0 Å². The number of ether oxygens (including phenoxy) is 2. The van der Waals surface area contributed by atoms with E-state index in [4.69, 9.17) is 9.47 Å². The molecule has 0 amide bonds. The second kappa shape index (κ2) is 8.35. The molecule has 4 rings (SSSR count). The summed E-state index contributed by atoms with van der Waals surface area (Å²) < 4.78 is 11.6. The van der Waals surface area contributed by atoms with Gasteiger partial charge in [0.1, 0.15) is 12.4 Å². The van der Waals surface area contributed by atoms with E-state index in [0.29, 0.717) is 25.0 Å². The van der Waals surface area contributed by atoms with E-state index in [1.165, 1.54) is 0 Å². The first-order chi connectivity index (χ1) is 11.7. The molecule has 1 aromatic rings. The van der Waals surface area contributed by atoms with Crippen LogP contribution in [0.15, 0.2) is 40.9 Å². The molecule has 3 heterocycles. The summed E-state index contributed by atoms with van der Waals surface area (Å²) in [5, 5.41) is 11.7. The van der Waals surface area contributed by atoms with E-state index in [1.54, 1.807) is 11.8 Å². The molecule has 0 aliphatic carbocycles. The molecule has 25 heavy (non-hydrogen) atoms. The molecule has 128 valence electrons. The smallest absolute Gasteiger partial charge is 0.543 e. The Bertz CT molecular complexity index is 654. The number of benzene rings is 1. The quantitative estimate of drug-likeness (QED) is 0.563. The topological polar surface area (TPSA) is 61.8 Å². The fraction of sp³-hybridized carbons (Fsp3) is 0.500. The van der Waals surface area contributed by atoms with Gasteiger partial charge in [-0.15, -0.1) is 11.8 Å². The predicted molar refractivity (Wildman–Crippen MR) is 89.4 cm³/mol. The number of thioether (sulfide) groups is 1. The van der Waals surface area contributed by atoms with E-state index in [0.717, 1.165) is 36.5 Å². The molecule has 5 nitrogen and oxygen atoms in total. The molecule has 3 unspecified atom stereocenters. The van der Waals surface area contributed by atoms with Crippen LogP contribution in [0.1, 0.15) is 19.3 Å². The summed E-state index contributed by atoms with van der Waals surface area (Å²) in [6.07, 6.45) is 2.87. The Morgan fingerprint density at radius 1 is 1.36 bits per heavy atom. The Morgan fingerprint density at radius 3 is 2.84 bits per heavy atom. The molecule has 2 saturated heterocycles. The maximum absolute atomic E-state index is 11.4. The molecule has 0 N–H and O–H groups in total. The van der Waals surface area contributed by atoms with Gasteiger partial charge in [-0.1, -0.05) is 18.2 Å². The number of carbonyl (C=O) groups excluding carboxylic acids is 1. The average molecular weight is 369 g/mol. The Labute approximate surface area is 174 Å². The summed E-state index contributed by atoms with van der Waals surface area (Å²) in [6.45, 7) is 2.01. The maximum atomic E-state index is 11.4. The van der Waals surface area contributed by atoms with Crippen molar-refractivity contribution in [2.75, 3.05) is 19.8 Å². The molecular weight excluding hydrogens is 349 g/mol. The number of carbonyl (C=O) groups is 1. The first-order valence-electron chi connectivity index (χ1n) is 8.38. The molecule has 0 bridgehead atoms. The van der Waals surface area contributed by atoms with Crippen molar-refractivity contribution in [1.29, 1.82) is 0 Å². The van der Waals surface area contributed by atoms with Crippen molar-refractivity contribution < 1.29 is 48.9 Å². The summed E-state index contributed by atoms with van der Waals surface area (Å²) in [6, 6.07) is 10.1. The van der Waals surface area contributed by atoms with Gasteiger partial charge >= 0.3 is 29.6 Å². The van der Waals surface area contributed by atoms with Crippen molar-refractivity contribution >= 4 is 17.7 Å². The number of para-hydroxylation sites is 1. The second-order valence-corrected chi connectivity index (χ2v) is 7.85. The first-order valence-corrected chi connectivity index (χ1v) is 9.26. The van der Waals surface area contributed by atoms with Crippen molar-refractivity contribution in [1.82, 2.24) is 4.90 Å². The largest absolute Gasteiger partial charge is 1.00 e. The number of hydrogen-bond donors (Lipinski definition) is 0. The zero-order valence-electron chi connectivity index (χ0n) is 14.3. The van der Waals surface area contributed by atoms with Crippen molar-refractivity contribution in [3.8, 4) is 5.75 Å². The molecule has 2 fully saturated rings. The normalized spacial score (nSPS) is 27.5. The zero-order chi connectivity index (χ0) is 16.5. The Balaban J connectivity index is 0.00000182. The molecular formula is C18H20NNaO4S. The minimum atomic E-state index is -1.04. The van der Waals surface area contributed by atoms with Crippen LogP contribution in [0.25, 0.3) is 0 Å². The van der Waals surface area contributed by atoms with Gasteiger partial charge < -0.3 is 24.3 Å². The predicted octanol–water partition coefficient (Wildman–Crippen LogP) is -1.60. The number of nitrogens with zero attached hydrogens (tertiary/aromatic N) is 1. The van der Waals surface area contributed by atoms with Crippen molar-refractivity contribution in [3.63, 3.8) is 0 Å². The molecule has 0 saturated carbocycles. The van der Waals surface area contributed by atoms with Crippen LogP contribution in [0.5, 0.6) is 5.75 Å². The summed E-state index contributed by atoms with van der Waals surface area (Å²) >= 11 is 1.66. The fourth-order valence-corrected chi connectivity index (χ4v) is 4.99. The second-order valence-electron chi connectivity index (χ2n) is 6.45. The Morgan fingerprint density at radius 2 is 2.16 bits per heavy atom. The minimum Gasteiger partial charge on any atom is -0.543 e. The third-order valence-corrected chi connectivity index (χ3v) is 6.15. The van der Waals surface area contributed by atoms with Gasteiger partial charge in [0.25, 0.3) is 0 Å². The Hall–Kier alpha value is -0.660. The van der Waals surface area contributed by atoms with Gasteiger partial charge in [-0.2, -0.15) is 0 Å². The third kappa shape index (κ3) is 4.19. The van der Waals surface area contributed by atoms with E-state index in [-0.39, 0.29) is 40.9 Å². The van der Waals surface area contributed by atoms with Gasteiger partial charge in [-0.05, 0) is 25.0 Å². The van der Waals surface area contributed by atoms with Crippen LogP contribution in [-0.4, -0.2) is 48.0 Å². The van der Waals surface area contributed by atoms with Crippen molar-refractivity contribution in [2.24, 2.45) is 0 Å². The van der Waals surface area contributed by atoms with E-state index < -0.39 is 5.97 Å². The van der Waals surface area contributed by atoms with E-state index in [2.05, 4.69) is 0 Å². The molecule has 0 spiro atoms. The SMILES string of the molecule is O=C([O-])C1=C(SC2COC(COc3ccccc3)C2)CC2CCN12.[Na+]. The van der Waals surface area contributed by atoms with Gasteiger partial charge in [-0.3, -0.25) is 0 Å². The molecule has 0 radical (unpaired) electrons. The van der Waals surface area contributed by atoms with Crippen LogP contribution in [0.3, 0.4) is 0 Å². The van der Waals surface area contributed by atoms with Gasteiger partial charge in [-0.25, -0.2) is 0 Å². The van der Waals surface area contributed by atoms with Crippen LogP contribution in [0.4, 0.5) is 0 Å². The fourth-order valence-electron chi connectivity index (χ4n) is 3.53. The molecule has 0 aromatic heterocycles. The number of carboxylic acid groups (broad SMARTS) is 1. The van der Waals surface area contributed by atoms with Gasteiger partial charge in [0, 0.05) is 29.2 Å². The summed E-state index contributed by atoms with van der Waals surface area (Å²) in [4.78, 5) is 14.4. The number of rotatable bonds is 6. The molecule has 3 atom stereocenters. The van der Waals surface area contributed by atoms with Gasteiger partial charge in [0.2, 0.25) is 0 Å². The van der Waals surface area contributed by atoms with E-state index >= 15 is 0 Å². The van der Waals surface area contributed by atoms with Crippen molar-refractivity contribution in [3.05, 3.63) is 40.9 Å². The monoisotopic (exact) mass is 369 g/mol. The van der Waals surface area contributed by atoms with Crippen LogP contribution in [-0.2, 0) is 9.53 Å². The molecule has 1 aromatic carbocycles. The Kier molecular flexibility index (Phi) is 6.39. The summed E-state index contributed by atoms with van der Waals surface area (Å²) in [7, 11) is 0. The first kappa shape index (κ1) is 19.1. The maximum Gasteiger partial charge on any atom is 1.00 e. The molecule has 7 heteroatoms. The molecule has 3 aliphatic rings. The number of carboxylic acids is 1. The van der Waals surface area contributed by atoms with Crippen LogP contribution < -0.4 is 39.4 Å². The minimum absolute atomic E-state index is 0. The van der Waals surface area contributed by atoms with E-state index in [9.17, 15) is 9.90 Å². The van der Waals surface area contributed by atoms with Crippen LogP contribution >= 0.6 is 11.8 Å². The number of hydrogen-bond acceptors (Lipinski definition) is 6. The van der Waals surface area contributed by atoms with Crippen molar-refractivity contribution in [2.45, 2.75) is 36.7 Å². The number of fused-ring (bicyclic) bond motifs is 1. The molecule has 3 aliphatic heterocycles. The van der Waals surface area contributed by atoms with E-state index in [1.807, 2.05) is 35.2 Å². The third-order valence-electron chi connectivity index (χ3n) is 4.84. The zero-order valence-corrected chi connectivity index (χ0v) is 17.2. The standard InChI is InChI=1S/C18H21NO4S.Na/c20-18(21)17-16(8-12-6-7-19(12)17)24-15-9-14(23-11-15)10-22-13-4-2-1-3-5-13;/h1-5,12,14-15H,6-11H2,(H,20,21);/q;+1/p-1. The summed E-state index contributed by atoms with van der Waals surface area (Å²) in [5.74, 6) is -0.193. The van der Waals surface area contributed by atoms with Crippen LogP contribution in [0, 0.1) is 0 Å². The summed E-state index contributed by atoms with van der Waals surface area (Å²) in [5.41, 5.74) is 0.417. The number of aliphatic carboxylic acids is 1. The van der Waals surface area contributed by atoms with Gasteiger partial charge in [0.05, 0.1) is 24.4 Å². The average Bonchev–Trinajstić information content (AvgIpc) is 3.10. The van der Waals surface area contributed by atoms with Gasteiger partial charge in [0.15, 0.2) is 0 Å².